The average molecular weight is 289 g/mol. The molecule has 0 bridgehead atoms. The van der Waals surface area contributed by atoms with Gasteiger partial charge in [-0.25, -0.2) is 0 Å². The minimum absolute atomic E-state index is 0.0164. The van der Waals surface area contributed by atoms with Gasteiger partial charge < -0.3 is 14.5 Å². The first-order valence-corrected chi connectivity index (χ1v) is 7.00. The maximum Gasteiger partial charge on any atom is 0.308 e. The van der Waals surface area contributed by atoms with Crippen LogP contribution < -0.4 is 10.1 Å². The third-order valence-corrected chi connectivity index (χ3v) is 3.02. The molecule has 0 spiro atoms. The summed E-state index contributed by atoms with van der Waals surface area (Å²) in [5.74, 6) is 0.708. The van der Waals surface area contributed by atoms with Crippen molar-refractivity contribution in [3.8, 4) is 17.2 Å². The number of rotatable bonds is 7. The van der Waals surface area contributed by atoms with Crippen LogP contribution in [0, 0.1) is 0 Å². The Bertz CT molecular complexity index is 578. The topological polar surface area (TPSA) is 77.2 Å². The van der Waals surface area contributed by atoms with Gasteiger partial charge in [0.2, 0.25) is 5.89 Å². The van der Waals surface area contributed by atoms with Crippen LogP contribution in [0.2, 0.25) is 0 Å². The number of nitrogens with one attached hydrogen (secondary N) is 1. The second kappa shape index (κ2) is 7.42. The number of amides is 1. The van der Waals surface area contributed by atoms with Crippen molar-refractivity contribution in [2.75, 3.05) is 13.7 Å². The number of unbranched alkanes of at least 4 members (excludes halogenated alkanes) is 2. The van der Waals surface area contributed by atoms with E-state index in [0.717, 1.165) is 30.6 Å². The lowest BCUT2D eigenvalue weighted by Gasteiger charge is -2.00. The predicted molar refractivity (Wildman–Crippen MR) is 78.1 cm³/mol. The standard InChI is InChI=1S/C15H19N3O3/c1-3-4-5-10-16-13(19)15-18-17-14(21-15)11-6-8-12(20-2)9-7-11/h6-9H,3-5,10H2,1-2H3,(H,16,19). The summed E-state index contributed by atoms with van der Waals surface area (Å²) in [4.78, 5) is 11.8. The first kappa shape index (κ1) is 15.0. The van der Waals surface area contributed by atoms with E-state index in [0.29, 0.717) is 12.4 Å². The molecule has 2 aromatic rings. The Morgan fingerprint density at radius 2 is 2.00 bits per heavy atom. The molecule has 0 saturated heterocycles. The quantitative estimate of drug-likeness (QED) is 0.793. The molecule has 0 atom stereocenters. The molecule has 1 aromatic heterocycles. The van der Waals surface area contributed by atoms with Crippen LogP contribution in [0.25, 0.3) is 11.5 Å². The Balaban J connectivity index is 1.98. The molecule has 0 unspecified atom stereocenters. The van der Waals surface area contributed by atoms with Gasteiger partial charge in [-0.05, 0) is 30.7 Å². The highest BCUT2D eigenvalue weighted by Gasteiger charge is 2.15. The van der Waals surface area contributed by atoms with E-state index in [2.05, 4.69) is 22.4 Å². The summed E-state index contributed by atoms with van der Waals surface area (Å²) in [6, 6.07) is 7.19. The van der Waals surface area contributed by atoms with E-state index < -0.39 is 0 Å². The van der Waals surface area contributed by atoms with E-state index in [1.165, 1.54) is 0 Å². The smallest absolute Gasteiger partial charge is 0.308 e. The molecule has 21 heavy (non-hydrogen) atoms. The number of aromatic nitrogens is 2. The molecule has 6 nitrogen and oxygen atoms in total. The molecule has 0 aliphatic rings. The van der Waals surface area contributed by atoms with Crippen LogP contribution >= 0.6 is 0 Å². The van der Waals surface area contributed by atoms with Gasteiger partial charge in [-0.15, -0.1) is 10.2 Å². The number of hydrogen-bond donors (Lipinski definition) is 1. The molecule has 1 heterocycles. The number of nitrogens with zero attached hydrogens (tertiary/aromatic N) is 2. The van der Waals surface area contributed by atoms with Crippen molar-refractivity contribution in [2.24, 2.45) is 0 Å². The van der Waals surface area contributed by atoms with Gasteiger partial charge in [-0.2, -0.15) is 0 Å². The molecule has 112 valence electrons. The van der Waals surface area contributed by atoms with Crippen LogP contribution in [0.5, 0.6) is 5.75 Å². The summed E-state index contributed by atoms with van der Waals surface area (Å²) in [6.07, 6.45) is 3.14. The van der Waals surface area contributed by atoms with Crippen molar-refractivity contribution in [3.05, 3.63) is 30.2 Å². The van der Waals surface area contributed by atoms with Crippen molar-refractivity contribution in [3.63, 3.8) is 0 Å². The van der Waals surface area contributed by atoms with E-state index in [1.54, 1.807) is 31.4 Å². The predicted octanol–water partition coefficient (Wildman–Crippen LogP) is 2.67. The molecule has 0 aliphatic heterocycles. The Morgan fingerprint density at radius 1 is 1.24 bits per heavy atom. The minimum atomic E-state index is -0.335. The van der Waals surface area contributed by atoms with Gasteiger partial charge in [0.15, 0.2) is 0 Å². The summed E-state index contributed by atoms with van der Waals surface area (Å²) >= 11 is 0. The molecule has 0 aliphatic carbocycles. The zero-order valence-corrected chi connectivity index (χ0v) is 12.3. The lowest BCUT2D eigenvalue weighted by atomic mass is 10.2. The zero-order valence-electron chi connectivity index (χ0n) is 12.3. The van der Waals surface area contributed by atoms with E-state index in [9.17, 15) is 4.79 Å². The average Bonchev–Trinajstić information content (AvgIpc) is 3.01. The lowest BCUT2D eigenvalue weighted by molar-refractivity contribution is 0.0919. The largest absolute Gasteiger partial charge is 0.497 e. The highest BCUT2D eigenvalue weighted by atomic mass is 16.5. The van der Waals surface area contributed by atoms with Gasteiger partial charge in [0.1, 0.15) is 5.75 Å². The molecule has 0 saturated carbocycles. The van der Waals surface area contributed by atoms with Crippen LogP contribution in [-0.2, 0) is 0 Å². The number of hydrogen-bond acceptors (Lipinski definition) is 5. The van der Waals surface area contributed by atoms with Crippen LogP contribution in [0.1, 0.15) is 36.9 Å². The van der Waals surface area contributed by atoms with Crippen LogP contribution in [-0.4, -0.2) is 29.8 Å². The lowest BCUT2D eigenvalue weighted by Crippen LogP contribution is -2.24. The van der Waals surface area contributed by atoms with Gasteiger partial charge >= 0.3 is 11.8 Å². The van der Waals surface area contributed by atoms with E-state index in [4.69, 9.17) is 9.15 Å². The van der Waals surface area contributed by atoms with E-state index in [-0.39, 0.29) is 11.8 Å². The van der Waals surface area contributed by atoms with Crippen molar-refractivity contribution in [1.29, 1.82) is 0 Å². The summed E-state index contributed by atoms with van der Waals surface area (Å²) in [5.41, 5.74) is 0.744. The monoisotopic (exact) mass is 289 g/mol. The molecule has 2 rings (SSSR count). The highest BCUT2D eigenvalue weighted by Crippen LogP contribution is 2.20. The maximum absolute atomic E-state index is 11.8. The zero-order chi connectivity index (χ0) is 15.1. The molecule has 1 N–H and O–H groups in total. The van der Waals surface area contributed by atoms with Gasteiger partial charge in [-0.1, -0.05) is 19.8 Å². The molecular weight excluding hydrogens is 270 g/mol. The van der Waals surface area contributed by atoms with Gasteiger partial charge in [0, 0.05) is 12.1 Å². The maximum atomic E-state index is 11.8. The Labute approximate surface area is 123 Å². The first-order valence-electron chi connectivity index (χ1n) is 7.00. The minimum Gasteiger partial charge on any atom is -0.497 e. The van der Waals surface area contributed by atoms with Crippen LogP contribution in [0.3, 0.4) is 0 Å². The Hall–Kier alpha value is -2.37. The molecule has 0 fully saturated rings. The SMILES string of the molecule is CCCCCNC(=O)c1nnc(-c2ccc(OC)cc2)o1. The summed E-state index contributed by atoms with van der Waals surface area (Å²) in [5, 5.41) is 10.4. The van der Waals surface area contributed by atoms with Crippen molar-refractivity contribution >= 4 is 5.91 Å². The number of carbonyl (C=O) groups excluding carboxylic acids is 1. The fraction of sp³-hybridized carbons (Fsp3) is 0.400. The van der Waals surface area contributed by atoms with Gasteiger partial charge in [0.25, 0.3) is 0 Å². The van der Waals surface area contributed by atoms with Crippen LogP contribution in [0.15, 0.2) is 28.7 Å². The van der Waals surface area contributed by atoms with E-state index in [1.807, 2.05) is 0 Å². The van der Waals surface area contributed by atoms with Crippen LogP contribution in [0.4, 0.5) is 0 Å². The van der Waals surface area contributed by atoms with Crippen molar-refractivity contribution < 1.29 is 13.9 Å². The van der Waals surface area contributed by atoms with Crippen molar-refractivity contribution in [1.82, 2.24) is 15.5 Å². The Kier molecular flexibility index (Phi) is 5.31. The summed E-state index contributed by atoms with van der Waals surface area (Å²) in [7, 11) is 1.60. The molecular formula is C15H19N3O3. The van der Waals surface area contributed by atoms with Gasteiger partial charge in [0.05, 0.1) is 7.11 Å². The molecule has 6 heteroatoms. The molecule has 0 radical (unpaired) electrons. The third-order valence-electron chi connectivity index (χ3n) is 3.02. The fourth-order valence-electron chi connectivity index (χ4n) is 1.82. The molecule has 1 amide bonds. The number of carbonyl (C=O) groups is 1. The number of methoxy groups -OCH3 is 1. The normalized spacial score (nSPS) is 10.4. The third kappa shape index (κ3) is 4.05. The first-order chi connectivity index (χ1) is 10.2. The number of benzene rings is 1. The van der Waals surface area contributed by atoms with Gasteiger partial charge in [-0.3, -0.25) is 4.79 Å². The second-order valence-electron chi connectivity index (χ2n) is 4.60. The van der Waals surface area contributed by atoms with Crippen molar-refractivity contribution in [2.45, 2.75) is 26.2 Å². The Morgan fingerprint density at radius 3 is 2.67 bits per heavy atom. The molecule has 1 aromatic carbocycles. The second-order valence-corrected chi connectivity index (χ2v) is 4.60. The highest BCUT2D eigenvalue weighted by molar-refractivity contribution is 5.89. The number of ether oxygens (including phenoxy) is 1. The summed E-state index contributed by atoms with van der Waals surface area (Å²) in [6.45, 7) is 2.73. The fourth-order valence-corrected chi connectivity index (χ4v) is 1.82. The summed E-state index contributed by atoms with van der Waals surface area (Å²) < 4.78 is 10.5. The van der Waals surface area contributed by atoms with E-state index >= 15 is 0 Å².